The van der Waals surface area contributed by atoms with E-state index in [0.717, 1.165) is 35.9 Å². The van der Waals surface area contributed by atoms with Crippen LogP contribution >= 0.6 is 23.1 Å². The van der Waals surface area contributed by atoms with Crippen LogP contribution in [0.4, 0.5) is 0 Å². The molecule has 33 heavy (non-hydrogen) atoms. The molecule has 0 saturated heterocycles. The molecule has 5 rings (SSSR count). The number of hydrogen-bond donors (Lipinski definition) is 1. The summed E-state index contributed by atoms with van der Waals surface area (Å²) < 4.78 is 2.76. The topological polar surface area (TPSA) is 91.8 Å². The van der Waals surface area contributed by atoms with Gasteiger partial charge in [0.1, 0.15) is 22.4 Å². The number of nitriles is 1. The molecule has 1 N–H and O–H groups in total. The predicted molar refractivity (Wildman–Crippen MR) is 134 cm³/mol. The first-order valence-corrected chi connectivity index (χ1v) is 12.6. The number of nitrogens with zero attached hydrogens (tertiary/aromatic N) is 4. The van der Waals surface area contributed by atoms with E-state index in [1.165, 1.54) is 23.1 Å². The smallest absolute Gasteiger partial charge is 0.262 e. The number of thioether (sulfide) groups is 1. The highest BCUT2D eigenvalue weighted by molar-refractivity contribution is 7.99. The Morgan fingerprint density at radius 1 is 1.15 bits per heavy atom. The van der Waals surface area contributed by atoms with Crippen LogP contribution in [-0.4, -0.2) is 24.9 Å². The predicted octanol–water partition coefficient (Wildman–Crippen LogP) is 6.09. The first-order valence-electron chi connectivity index (χ1n) is 10.9. The van der Waals surface area contributed by atoms with Crippen LogP contribution < -0.4 is 5.56 Å². The third-order valence-electron chi connectivity index (χ3n) is 6.01. The van der Waals surface area contributed by atoms with Gasteiger partial charge in [-0.25, -0.2) is 9.97 Å². The summed E-state index contributed by atoms with van der Waals surface area (Å²) in [6.45, 7) is 1.82. The minimum Gasteiger partial charge on any atom is -0.510 e. The Kier molecular flexibility index (Phi) is 5.92. The molecule has 1 unspecified atom stereocenters. The maximum Gasteiger partial charge on any atom is 0.262 e. The van der Waals surface area contributed by atoms with Crippen molar-refractivity contribution in [1.29, 1.82) is 5.26 Å². The summed E-state index contributed by atoms with van der Waals surface area (Å²) in [7, 11) is 0. The maximum absolute atomic E-state index is 13.4. The van der Waals surface area contributed by atoms with Gasteiger partial charge in [-0.2, -0.15) is 5.26 Å². The fourth-order valence-electron chi connectivity index (χ4n) is 4.30. The molecule has 0 radical (unpaired) electrons. The Morgan fingerprint density at radius 2 is 1.85 bits per heavy atom. The van der Waals surface area contributed by atoms with Crippen molar-refractivity contribution < 1.29 is 5.11 Å². The largest absolute Gasteiger partial charge is 0.510 e. The lowest BCUT2D eigenvalue weighted by Crippen LogP contribution is -2.27. The number of rotatable bonds is 5. The van der Waals surface area contributed by atoms with Crippen molar-refractivity contribution in [3.8, 4) is 6.07 Å². The van der Waals surface area contributed by atoms with E-state index in [2.05, 4.69) is 11.1 Å². The molecule has 1 saturated carbocycles. The van der Waals surface area contributed by atoms with Crippen LogP contribution in [0.25, 0.3) is 26.7 Å². The quantitative estimate of drug-likeness (QED) is 0.163. The second kappa shape index (κ2) is 9.00. The van der Waals surface area contributed by atoms with E-state index in [9.17, 15) is 15.2 Å². The first-order chi connectivity index (χ1) is 16.1. The van der Waals surface area contributed by atoms with Gasteiger partial charge in [0.2, 0.25) is 0 Å². The van der Waals surface area contributed by atoms with E-state index < -0.39 is 5.25 Å². The zero-order chi connectivity index (χ0) is 22.9. The van der Waals surface area contributed by atoms with Crippen LogP contribution in [0, 0.1) is 11.3 Å². The van der Waals surface area contributed by atoms with Gasteiger partial charge in [-0.15, -0.1) is 11.3 Å². The van der Waals surface area contributed by atoms with Gasteiger partial charge in [-0.3, -0.25) is 9.36 Å². The normalized spacial score (nSPS) is 16.1. The summed E-state index contributed by atoms with van der Waals surface area (Å²) in [5.74, 6) is -0.0538. The van der Waals surface area contributed by atoms with Crippen LogP contribution in [0.3, 0.4) is 0 Å². The molecule has 0 aliphatic heterocycles. The minimum atomic E-state index is -0.479. The second-order valence-electron chi connectivity index (χ2n) is 8.14. The Bertz CT molecular complexity index is 1440. The van der Waals surface area contributed by atoms with Gasteiger partial charge >= 0.3 is 0 Å². The molecule has 0 spiro atoms. The van der Waals surface area contributed by atoms with Crippen molar-refractivity contribution in [3.05, 3.63) is 69.7 Å². The van der Waals surface area contributed by atoms with Gasteiger partial charge in [0, 0.05) is 6.04 Å². The summed E-state index contributed by atoms with van der Waals surface area (Å²) in [4.78, 5) is 22.7. The first kappa shape index (κ1) is 21.7. The molecule has 2 aromatic heterocycles. The average Bonchev–Trinajstić information content (AvgIpc) is 3.49. The molecule has 1 fully saturated rings. The number of benzene rings is 2. The van der Waals surface area contributed by atoms with Crippen LogP contribution in [0.1, 0.15) is 43.7 Å². The molecule has 0 amide bonds. The molecule has 2 aromatic carbocycles. The summed E-state index contributed by atoms with van der Waals surface area (Å²) >= 11 is 2.69. The van der Waals surface area contributed by atoms with Gasteiger partial charge in [0.25, 0.3) is 5.56 Å². The summed E-state index contributed by atoms with van der Waals surface area (Å²) in [5, 5.41) is 22.1. The number of para-hydroxylation sites is 2. The highest BCUT2D eigenvalue weighted by atomic mass is 32.2. The van der Waals surface area contributed by atoms with Crippen molar-refractivity contribution in [2.24, 2.45) is 0 Å². The van der Waals surface area contributed by atoms with Crippen molar-refractivity contribution in [3.63, 3.8) is 0 Å². The van der Waals surface area contributed by atoms with Crippen molar-refractivity contribution in [1.82, 2.24) is 14.5 Å². The SMILES string of the molecule is CC(Sc1nc2ccccc2c(=O)n1C1CCCC1)/C(O)=C(\C#N)c1nc2ccccc2s1. The highest BCUT2D eigenvalue weighted by Crippen LogP contribution is 2.36. The standard InChI is InChI=1S/C25H22N4O2S2/c1-15(22(30)18(14-26)23-27-20-12-6-7-13-21(20)33-23)32-25-28-19-11-5-4-10-17(19)24(31)29(25)16-8-2-3-9-16/h4-7,10-13,15-16,30H,2-3,8-9H2,1H3/b22-18-. The Labute approximate surface area is 199 Å². The van der Waals surface area contributed by atoms with E-state index in [-0.39, 0.29) is 22.9 Å². The number of thiazole rings is 1. The molecular weight excluding hydrogens is 452 g/mol. The monoisotopic (exact) mass is 474 g/mol. The molecule has 8 heteroatoms. The van der Waals surface area contributed by atoms with Crippen LogP contribution in [0.15, 0.2) is 64.2 Å². The molecule has 1 aliphatic rings. The number of aromatic nitrogens is 3. The highest BCUT2D eigenvalue weighted by Gasteiger charge is 2.26. The number of fused-ring (bicyclic) bond motifs is 2. The number of hydrogen-bond acceptors (Lipinski definition) is 7. The molecule has 4 aromatic rings. The van der Waals surface area contributed by atoms with Crippen LogP contribution in [0.2, 0.25) is 0 Å². The van der Waals surface area contributed by atoms with Crippen LogP contribution in [0.5, 0.6) is 0 Å². The lowest BCUT2D eigenvalue weighted by atomic mass is 10.2. The summed E-state index contributed by atoms with van der Waals surface area (Å²) in [5.41, 5.74) is 1.55. The Hall–Kier alpha value is -3.15. The van der Waals surface area contributed by atoms with Crippen molar-refractivity contribution in [2.45, 2.75) is 49.1 Å². The zero-order valence-electron chi connectivity index (χ0n) is 18.1. The molecule has 0 bridgehead atoms. The Balaban J connectivity index is 1.56. The molecule has 2 heterocycles. The molecule has 166 valence electrons. The van der Waals surface area contributed by atoms with Crippen molar-refractivity contribution in [2.75, 3.05) is 0 Å². The fourth-order valence-corrected chi connectivity index (χ4v) is 6.32. The van der Waals surface area contributed by atoms with Gasteiger partial charge in [0.05, 0.1) is 26.4 Å². The number of allylic oxidation sites excluding steroid dienone is 1. The molecular formula is C25H22N4O2S2. The Morgan fingerprint density at radius 3 is 2.58 bits per heavy atom. The van der Waals surface area contributed by atoms with E-state index in [1.807, 2.05) is 55.5 Å². The average molecular weight is 475 g/mol. The fraction of sp³-hybridized carbons (Fsp3) is 0.280. The zero-order valence-corrected chi connectivity index (χ0v) is 19.7. The van der Waals surface area contributed by atoms with Gasteiger partial charge in [0.15, 0.2) is 5.16 Å². The van der Waals surface area contributed by atoms with Gasteiger partial charge < -0.3 is 5.11 Å². The molecule has 1 aliphatic carbocycles. The van der Waals surface area contributed by atoms with Crippen molar-refractivity contribution >= 4 is 49.8 Å². The maximum atomic E-state index is 13.4. The number of aliphatic hydroxyl groups excluding tert-OH is 1. The van der Waals surface area contributed by atoms with E-state index in [4.69, 9.17) is 4.98 Å². The molecule has 6 nitrogen and oxygen atoms in total. The van der Waals surface area contributed by atoms with Gasteiger partial charge in [-0.1, -0.05) is 48.9 Å². The van der Waals surface area contributed by atoms with Gasteiger partial charge in [-0.05, 0) is 44.0 Å². The second-order valence-corrected chi connectivity index (χ2v) is 10.5. The number of aliphatic hydroxyl groups is 1. The third kappa shape index (κ3) is 4.03. The molecule has 1 atom stereocenters. The van der Waals surface area contributed by atoms with Crippen LogP contribution in [-0.2, 0) is 0 Å². The van der Waals surface area contributed by atoms with E-state index >= 15 is 0 Å². The summed E-state index contributed by atoms with van der Waals surface area (Å²) in [6.07, 6.45) is 4.06. The summed E-state index contributed by atoms with van der Waals surface area (Å²) in [6, 6.07) is 17.3. The van der Waals surface area contributed by atoms with E-state index in [0.29, 0.717) is 21.1 Å². The van der Waals surface area contributed by atoms with E-state index in [1.54, 1.807) is 4.57 Å². The lowest BCUT2D eigenvalue weighted by Gasteiger charge is -2.20. The lowest BCUT2D eigenvalue weighted by molar-refractivity contribution is 0.401. The minimum absolute atomic E-state index is 0.0441. The third-order valence-corrected chi connectivity index (χ3v) is 8.14.